The van der Waals surface area contributed by atoms with Gasteiger partial charge in [0.15, 0.2) is 0 Å². The van der Waals surface area contributed by atoms with Gasteiger partial charge in [0, 0.05) is 13.1 Å². The zero-order valence-corrected chi connectivity index (χ0v) is 14.4. The molecule has 0 aliphatic carbocycles. The van der Waals surface area contributed by atoms with Crippen LogP contribution in [0.3, 0.4) is 0 Å². The molecule has 1 N–H and O–H groups in total. The van der Waals surface area contributed by atoms with Gasteiger partial charge in [-0.05, 0) is 42.5 Å². The Bertz CT molecular complexity index is 732. The highest BCUT2D eigenvalue weighted by atomic mass is 32.2. The van der Waals surface area contributed by atoms with Crippen LogP contribution in [0.1, 0.15) is 12.5 Å². The third-order valence-corrected chi connectivity index (χ3v) is 4.15. The van der Waals surface area contributed by atoms with Crippen LogP contribution in [0.25, 0.3) is 6.08 Å². The van der Waals surface area contributed by atoms with E-state index in [1.807, 2.05) is 6.92 Å². The lowest BCUT2D eigenvalue weighted by Gasteiger charge is -2.13. The van der Waals surface area contributed by atoms with Gasteiger partial charge in [0.25, 0.3) is 11.1 Å². The van der Waals surface area contributed by atoms with E-state index in [0.717, 1.165) is 4.90 Å². The van der Waals surface area contributed by atoms with Gasteiger partial charge in [-0.2, -0.15) is 13.2 Å². The molecule has 0 aromatic heterocycles. The second-order valence-electron chi connectivity index (χ2n) is 5.09. The molecule has 1 fully saturated rings. The van der Waals surface area contributed by atoms with Crippen LogP contribution in [-0.2, 0) is 9.59 Å². The van der Waals surface area contributed by atoms with Crippen LogP contribution in [0, 0.1) is 0 Å². The zero-order valence-electron chi connectivity index (χ0n) is 13.6. The lowest BCUT2D eigenvalue weighted by atomic mass is 10.2. The fourth-order valence-corrected chi connectivity index (χ4v) is 2.92. The predicted molar refractivity (Wildman–Crippen MR) is 89.4 cm³/mol. The van der Waals surface area contributed by atoms with E-state index < -0.39 is 29.8 Å². The summed E-state index contributed by atoms with van der Waals surface area (Å²) in [6, 6.07) is 6.85. The minimum Gasteiger partial charge on any atom is -0.494 e. The van der Waals surface area contributed by atoms with E-state index >= 15 is 0 Å². The van der Waals surface area contributed by atoms with Gasteiger partial charge < -0.3 is 10.1 Å². The molecular formula is C16H15F3N2O4S. The van der Waals surface area contributed by atoms with Gasteiger partial charge in [-0.1, -0.05) is 12.1 Å². The number of thioether (sulfide) groups is 1. The van der Waals surface area contributed by atoms with Gasteiger partial charge >= 0.3 is 12.1 Å². The molecule has 0 spiro atoms. The summed E-state index contributed by atoms with van der Waals surface area (Å²) < 4.78 is 41.6. The Morgan fingerprint density at radius 3 is 2.50 bits per heavy atom. The van der Waals surface area contributed by atoms with Crippen molar-refractivity contribution in [2.45, 2.75) is 13.1 Å². The summed E-state index contributed by atoms with van der Waals surface area (Å²) in [5.41, 5.74) is 0.671. The summed E-state index contributed by atoms with van der Waals surface area (Å²) in [5.74, 6) is -2.07. The summed E-state index contributed by atoms with van der Waals surface area (Å²) in [4.78, 5) is 35.8. The lowest BCUT2D eigenvalue weighted by Crippen LogP contribution is -2.42. The van der Waals surface area contributed by atoms with Crippen LogP contribution in [-0.4, -0.2) is 47.8 Å². The number of amides is 3. The average molecular weight is 388 g/mol. The van der Waals surface area contributed by atoms with Crippen molar-refractivity contribution in [2.75, 3.05) is 19.7 Å². The number of benzene rings is 1. The lowest BCUT2D eigenvalue weighted by molar-refractivity contribution is -0.173. The largest absolute Gasteiger partial charge is 0.494 e. The van der Waals surface area contributed by atoms with Gasteiger partial charge in [0.05, 0.1) is 11.5 Å². The SMILES string of the molecule is CCOc1ccc(/C=C2/SC(=O)N(CCNC(=O)C(F)(F)F)C2=O)cc1. The number of hydrogen-bond acceptors (Lipinski definition) is 5. The number of imide groups is 1. The van der Waals surface area contributed by atoms with Crippen LogP contribution >= 0.6 is 11.8 Å². The van der Waals surface area contributed by atoms with Gasteiger partial charge in [-0.3, -0.25) is 19.3 Å². The molecular weight excluding hydrogens is 373 g/mol. The molecule has 0 bridgehead atoms. The first-order valence-corrected chi connectivity index (χ1v) is 8.37. The van der Waals surface area contributed by atoms with Crippen molar-refractivity contribution in [1.29, 1.82) is 0 Å². The van der Waals surface area contributed by atoms with Crippen molar-refractivity contribution in [3.05, 3.63) is 34.7 Å². The summed E-state index contributed by atoms with van der Waals surface area (Å²) in [6.07, 6.45) is -3.50. The molecule has 0 radical (unpaired) electrons. The molecule has 6 nitrogen and oxygen atoms in total. The number of carbonyl (C=O) groups excluding carboxylic acids is 3. The van der Waals surface area contributed by atoms with E-state index in [1.165, 1.54) is 6.08 Å². The summed E-state index contributed by atoms with van der Waals surface area (Å²) in [5, 5.41) is 1.02. The second-order valence-corrected chi connectivity index (χ2v) is 6.08. The zero-order chi connectivity index (χ0) is 19.3. The highest BCUT2D eigenvalue weighted by Gasteiger charge is 2.39. The molecule has 140 valence electrons. The van der Waals surface area contributed by atoms with Crippen LogP contribution < -0.4 is 10.1 Å². The van der Waals surface area contributed by atoms with Crippen molar-refractivity contribution in [2.24, 2.45) is 0 Å². The fraction of sp³-hybridized carbons (Fsp3) is 0.312. The molecule has 1 aromatic rings. The van der Waals surface area contributed by atoms with E-state index in [9.17, 15) is 27.6 Å². The van der Waals surface area contributed by atoms with E-state index in [-0.39, 0.29) is 11.4 Å². The second kappa shape index (κ2) is 8.26. The third-order valence-electron chi connectivity index (χ3n) is 3.24. The predicted octanol–water partition coefficient (Wildman–Crippen LogP) is 2.80. The maximum atomic E-state index is 12.2. The Morgan fingerprint density at radius 1 is 1.27 bits per heavy atom. The quantitative estimate of drug-likeness (QED) is 0.759. The minimum absolute atomic E-state index is 0.154. The highest BCUT2D eigenvalue weighted by molar-refractivity contribution is 8.18. The first-order valence-electron chi connectivity index (χ1n) is 7.55. The number of halogens is 3. The monoisotopic (exact) mass is 388 g/mol. The van der Waals surface area contributed by atoms with Crippen LogP contribution in [0.2, 0.25) is 0 Å². The Labute approximate surface area is 151 Å². The highest BCUT2D eigenvalue weighted by Crippen LogP contribution is 2.32. The van der Waals surface area contributed by atoms with Gasteiger partial charge in [0.1, 0.15) is 5.75 Å². The van der Waals surface area contributed by atoms with Crippen molar-refractivity contribution in [1.82, 2.24) is 10.2 Å². The Balaban J connectivity index is 1.98. The van der Waals surface area contributed by atoms with Crippen LogP contribution in [0.4, 0.5) is 18.0 Å². The molecule has 1 saturated heterocycles. The average Bonchev–Trinajstić information content (AvgIpc) is 2.83. The van der Waals surface area contributed by atoms with Crippen molar-refractivity contribution < 1.29 is 32.3 Å². The normalized spacial score (nSPS) is 16.3. The third kappa shape index (κ3) is 5.01. The summed E-state index contributed by atoms with van der Waals surface area (Å²) in [6.45, 7) is 1.55. The standard InChI is InChI=1S/C16H15F3N2O4S/c1-2-25-11-5-3-10(4-6-11)9-12-13(22)21(15(24)26-12)8-7-20-14(23)16(17,18)19/h3-6,9H,2,7-8H2,1H3,(H,20,23)/b12-9+. The number of rotatable bonds is 6. The number of ether oxygens (including phenoxy) is 1. The molecule has 0 unspecified atom stereocenters. The molecule has 1 aliphatic rings. The Morgan fingerprint density at radius 2 is 1.92 bits per heavy atom. The molecule has 10 heteroatoms. The van der Waals surface area contributed by atoms with Crippen LogP contribution in [0.15, 0.2) is 29.2 Å². The maximum absolute atomic E-state index is 12.2. The fourth-order valence-electron chi connectivity index (χ4n) is 2.05. The molecule has 26 heavy (non-hydrogen) atoms. The van der Waals surface area contributed by atoms with Gasteiger partial charge in [-0.25, -0.2) is 0 Å². The molecule has 3 amide bonds. The summed E-state index contributed by atoms with van der Waals surface area (Å²) >= 11 is 0.688. The topological polar surface area (TPSA) is 75.7 Å². The number of alkyl halides is 3. The molecule has 0 saturated carbocycles. The van der Waals surface area contributed by atoms with Crippen molar-refractivity contribution >= 4 is 34.9 Å². The molecule has 2 rings (SSSR count). The number of nitrogens with one attached hydrogen (secondary N) is 1. The first kappa shape index (κ1) is 19.8. The molecule has 1 aliphatic heterocycles. The van der Waals surface area contributed by atoms with Gasteiger partial charge in [-0.15, -0.1) is 0 Å². The Kier molecular flexibility index (Phi) is 6.30. The molecule has 1 aromatic carbocycles. The maximum Gasteiger partial charge on any atom is 0.471 e. The number of hydrogen-bond donors (Lipinski definition) is 1. The van der Waals surface area contributed by atoms with E-state index in [0.29, 0.717) is 29.7 Å². The van der Waals surface area contributed by atoms with E-state index in [4.69, 9.17) is 4.74 Å². The van der Waals surface area contributed by atoms with E-state index in [2.05, 4.69) is 0 Å². The minimum atomic E-state index is -5.01. The van der Waals surface area contributed by atoms with Gasteiger partial charge in [0.2, 0.25) is 0 Å². The molecule has 0 atom stereocenters. The van der Waals surface area contributed by atoms with Crippen molar-refractivity contribution in [3.8, 4) is 5.75 Å². The summed E-state index contributed by atoms with van der Waals surface area (Å²) in [7, 11) is 0. The van der Waals surface area contributed by atoms with E-state index in [1.54, 1.807) is 29.6 Å². The Hall–Kier alpha value is -2.49. The van der Waals surface area contributed by atoms with Crippen molar-refractivity contribution in [3.63, 3.8) is 0 Å². The number of nitrogens with zero attached hydrogens (tertiary/aromatic N) is 1. The van der Waals surface area contributed by atoms with Crippen LogP contribution in [0.5, 0.6) is 5.75 Å². The number of carbonyl (C=O) groups is 3. The molecule has 1 heterocycles. The smallest absolute Gasteiger partial charge is 0.471 e. The first-order chi connectivity index (χ1) is 12.2.